The fraction of sp³-hybridized carbons (Fsp3) is 0.250. The summed E-state index contributed by atoms with van der Waals surface area (Å²) in [6, 6.07) is 1.21. The SMILES string of the molecule is COc1c(O)cc(Br)c(F)c1OC. The monoisotopic (exact) mass is 250 g/mol. The summed E-state index contributed by atoms with van der Waals surface area (Å²) < 4.78 is 22.9. The van der Waals surface area contributed by atoms with Crippen LogP contribution >= 0.6 is 15.9 Å². The van der Waals surface area contributed by atoms with Crippen molar-refractivity contribution in [1.29, 1.82) is 0 Å². The summed E-state index contributed by atoms with van der Waals surface area (Å²) >= 11 is 2.93. The largest absolute Gasteiger partial charge is 0.504 e. The van der Waals surface area contributed by atoms with Gasteiger partial charge in [0.15, 0.2) is 11.6 Å². The van der Waals surface area contributed by atoms with Crippen molar-refractivity contribution in [3.63, 3.8) is 0 Å². The lowest BCUT2D eigenvalue weighted by molar-refractivity contribution is 0.318. The van der Waals surface area contributed by atoms with Crippen LogP contribution < -0.4 is 9.47 Å². The number of ether oxygens (including phenoxy) is 2. The zero-order chi connectivity index (χ0) is 10.0. The van der Waals surface area contributed by atoms with E-state index in [-0.39, 0.29) is 21.7 Å². The molecule has 0 aliphatic heterocycles. The average Bonchev–Trinajstić information content (AvgIpc) is 2.10. The van der Waals surface area contributed by atoms with Crippen LogP contribution in [0.2, 0.25) is 0 Å². The van der Waals surface area contributed by atoms with E-state index in [0.29, 0.717) is 0 Å². The maximum atomic E-state index is 13.3. The van der Waals surface area contributed by atoms with Gasteiger partial charge in [0.05, 0.1) is 18.7 Å². The van der Waals surface area contributed by atoms with Gasteiger partial charge in [0.2, 0.25) is 11.5 Å². The highest BCUT2D eigenvalue weighted by molar-refractivity contribution is 9.10. The fourth-order valence-corrected chi connectivity index (χ4v) is 1.35. The first-order chi connectivity index (χ1) is 6.11. The van der Waals surface area contributed by atoms with Gasteiger partial charge in [0, 0.05) is 6.07 Å². The molecule has 5 heteroatoms. The first-order valence-corrected chi connectivity index (χ1v) is 4.20. The van der Waals surface area contributed by atoms with Crippen LogP contribution in [0.5, 0.6) is 17.2 Å². The Bertz CT molecular complexity index is 328. The predicted octanol–water partition coefficient (Wildman–Crippen LogP) is 2.31. The number of phenols is 1. The summed E-state index contributed by atoms with van der Waals surface area (Å²) in [4.78, 5) is 0. The summed E-state index contributed by atoms with van der Waals surface area (Å²) in [6.07, 6.45) is 0. The Morgan fingerprint density at radius 3 is 2.31 bits per heavy atom. The van der Waals surface area contributed by atoms with E-state index < -0.39 is 5.82 Å². The van der Waals surface area contributed by atoms with E-state index in [9.17, 15) is 9.50 Å². The highest BCUT2D eigenvalue weighted by Crippen LogP contribution is 2.41. The molecule has 0 aromatic heterocycles. The Morgan fingerprint density at radius 2 is 1.85 bits per heavy atom. The molecule has 1 rings (SSSR count). The summed E-state index contributed by atoms with van der Waals surface area (Å²) in [6.45, 7) is 0. The predicted molar refractivity (Wildman–Crippen MR) is 48.9 cm³/mol. The molecule has 0 radical (unpaired) electrons. The third-order valence-electron chi connectivity index (χ3n) is 1.52. The number of benzene rings is 1. The first kappa shape index (κ1) is 10.1. The molecule has 1 aromatic carbocycles. The summed E-state index contributed by atoms with van der Waals surface area (Å²) in [5.74, 6) is -0.901. The molecule has 0 spiro atoms. The maximum absolute atomic E-state index is 13.3. The number of halogens is 2. The minimum atomic E-state index is -0.600. The van der Waals surface area contributed by atoms with Crippen molar-refractivity contribution in [2.45, 2.75) is 0 Å². The van der Waals surface area contributed by atoms with E-state index in [1.165, 1.54) is 20.3 Å². The highest BCUT2D eigenvalue weighted by atomic mass is 79.9. The lowest BCUT2D eigenvalue weighted by Crippen LogP contribution is -1.94. The Hall–Kier alpha value is -0.970. The van der Waals surface area contributed by atoms with Gasteiger partial charge in [0.25, 0.3) is 0 Å². The van der Waals surface area contributed by atoms with E-state index in [2.05, 4.69) is 15.9 Å². The Balaban J connectivity index is 3.41. The van der Waals surface area contributed by atoms with Crippen LogP contribution in [0, 0.1) is 5.82 Å². The topological polar surface area (TPSA) is 38.7 Å². The van der Waals surface area contributed by atoms with Gasteiger partial charge < -0.3 is 14.6 Å². The molecule has 0 unspecified atom stereocenters. The maximum Gasteiger partial charge on any atom is 0.206 e. The second-order valence-corrected chi connectivity index (χ2v) is 3.11. The van der Waals surface area contributed by atoms with E-state index in [1.54, 1.807) is 0 Å². The Kier molecular flexibility index (Phi) is 2.98. The molecule has 13 heavy (non-hydrogen) atoms. The van der Waals surface area contributed by atoms with Crippen LogP contribution in [0.1, 0.15) is 0 Å². The fourth-order valence-electron chi connectivity index (χ4n) is 0.953. The van der Waals surface area contributed by atoms with Crippen LogP contribution in [0.3, 0.4) is 0 Å². The van der Waals surface area contributed by atoms with Gasteiger partial charge in [-0.1, -0.05) is 0 Å². The first-order valence-electron chi connectivity index (χ1n) is 3.40. The number of aromatic hydroxyl groups is 1. The van der Waals surface area contributed by atoms with Crippen molar-refractivity contribution in [2.75, 3.05) is 14.2 Å². The van der Waals surface area contributed by atoms with E-state index in [1.807, 2.05) is 0 Å². The third kappa shape index (κ3) is 1.70. The molecule has 1 N–H and O–H groups in total. The highest BCUT2D eigenvalue weighted by Gasteiger charge is 2.18. The van der Waals surface area contributed by atoms with Crippen molar-refractivity contribution in [3.8, 4) is 17.2 Å². The van der Waals surface area contributed by atoms with Gasteiger partial charge in [-0.3, -0.25) is 0 Å². The van der Waals surface area contributed by atoms with Gasteiger partial charge in [-0.25, -0.2) is 4.39 Å². The van der Waals surface area contributed by atoms with E-state index in [4.69, 9.17) is 9.47 Å². The van der Waals surface area contributed by atoms with Crippen molar-refractivity contribution in [3.05, 3.63) is 16.4 Å². The minimum absolute atomic E-state index is 0.0109. The number of phenolic OH excluding ortho intramolecular Hbond substituents is 1. The second-order valence-electron chi connectivity index (χ2n) is 2.26. The summed E-state index contributed by atoms with van der Waals surface area (Å²) in [7, 11) is 2.62. The van der Waals surface area contributed by atoms with Gasteiger partial charge in [-0.2, -0.15) is 0 Å². The van der Waals surface area contributed by atoms with Crippen LogP contribution in [-0.4, -0.2) is 19.3 Å². The van der Waals surface area contributed by atoms with Crippen LogP contribution in [0.4, 0.5) is 4.39 Å². The number of rotatable bonds is 2. The van der Waals surface area contributed by atoms with E-state index in [0.717, 1.165) is 0 Å². The molecule has 0 fully saturated rings. The molecular formula is C8H8BrFO3. The standard InChI is InChI=1S/C8H8BrFO3/c1-12-7-5(11)3-4(9)6(10)8(7)13-2/h3,11H,1-2H3. The van der Waals surface area contributed by atoms with Gasteiger partial charge >= 0.3 is 0 Å². The molecular weight excluding hydrogens is 243 g/mol. The molecule has 72 valence electrons. The van der Waals surface area contributed by atoms with E-state index >= 15 is 0 Å². The molecule has 0 amide bonds. The Morgan fingerprint density at radius 1 is 1.31 bits per heavy atom. The number of methoxy groups -OCH3 is 2. The molecule has 0 heterocycles. The minimum Gasteiger partial charge on any atom is -0.504 e. The number of hydrogen-bond donors (Lipinski definition) is 1. The summed E-state index contributed by atoms with van der Waals surface area (Å²) in [5.41, 5.74) is 0. The molecule has 3 nitrogen and oxygen atoms in total. The van der Waals surface area contributed by atoms with Crippen LogP contribution in [-0.2, 0) is 0 Å². The molecule has 0 saturated carbocycles. The zero-order valence-corrected chi connectivity index (χ0v) is 8.68. The molecule has 0 bridgehead atoms. The van der Waals surface area contributed by atoms with Crippen molar-refractivity contribution < 1.29 is 19.0 Å². The van der Waals surface area contributed by atoms with Crippen molar-refractivity contribution in [1.82, 2.24) is 0 Å². The Labute approximate surface area is 83.2 Å². The van der Waals surface area contributed by atoms with Crippen LogP contribution in [0.15, 0.2) is 10.5 Å². The lowest BCUT2D eigenvalue weighted by Gasteiger charge is -2.10. The smallest absolute Gasteiger partial charge is 0.206 e. The van der Waals surface area contributed by atoms with Gasteiger partial charge in [0.1, 0.15) is 0 Å². The van der Waals surface area contributed by atoms with Gasteiger partial charge in [-0.05, 0) is 15.9 Å². The molecule has 0 saturated heterocycles. The van der Waals surface area contributed by atoms with Crippen LogP contribution in [0.25, 0.3) is 0 Å². The van der Waals surface area contributed by atoms with Crippen molar-refractivity contribution in [2.24, 2.45) is 0 Å². The molecule has 0 aliphatic carbocycles. The number of hydrogen-bond acceptors (Lipinski definition) is 3. The lowest BCUT2D eigenvalue weighted by atomic mass is 10.3. The normalized spacial score (nSPS) is 9.85. The third-order valence-corrected chi connectivity index (χ3v) is 2.10. The molecule has 0 aliphatic rings. The average molecular weight is 251 g/mol. The molecule has 0 atom stereocenters. The summed E-state index contributed by atoms with van der Waals surface area (Å²) in [5, 5.41) is 9.33. The second kappa shape index (κ2) is 3.83. The van der Waals surface area contributed by atoms with Crippen molar-refractivity contribution >= 4 is 15.9 Å². The molecule has 1 aromatic rings. The zero-order valence-electron chi connectivity index (χ0n) is 7.10. The quantitative estimate of drug-likeness (QED) is 0.876. The van der Waals surface area contributed by atoms with Gasteiger partial charge in [-0.15, -0.1) is 0 Å².